The maximum Gasteiger partial charge on any atom is 0.316 e. The van der Waals surface area contributed by atoms with Crippen LogP contribution in [0.1, 0.15) is 19.0 Å². The first-order chi connectivity index (χ1) is 9.69. The fourth-order valence-corrected chi connectivity index (χ4v) is 1.98. The Morgan fingerprint density at radius 3 is 2.95 bits per heavy atom. The predicted octanol–water partition coefficient (Wildman–Crippen LogP) is 2.40. The number of nitrogens with one attached hydrogen (secondary N) is 2. The van der Waals surface area contributed by atoms with Crippen molar-refractivity contribution in [2.24, 2.45) is 5.73 Å². The second kappa shape index (κ2) is 6.60. The van der Waals surface area contributed by atoms with Gasteiger partial charge in [0.05, 0.1) is 18.6 Å². The first-order valence-corrected chi connectivity index (χ1v) is 6.58. The molecule has 2 amide bonds. The standard InChI is InChI=1S/C14H19N5O/c1-2-6-19-10-16-8-13(19)9-17-11-4-3-5-12(7-11)18-14(15)20/h3-5,7-8,10,17H,2,6,9H2,1H3,(H3,15,18,20). The van der Waals surface area contributed by atoms with Crippen molar-refractivity contribution >= 4 is 17.4 Å². The molecule has 1 heterocycles. The van der Waals surface area contributed by atoms with Gasteiger partial charge in [-0.3, -0.25) is 0 Å². The molecule has 0 saturated carbocycles. The molecule has 0 spiro atoms. The van der Waals surface area contributed by atoms with E-state index >= 15 is 0 Å². The summed E-state index contributed by atoms with van der Waals surface area (Å²) in [5.41, 5.74) is 7.81. The lowest BCUT2D eigenvalue weighted by Crippen LogP contribution is -2.19. The van der Waals surface area contributed by atoms with Crippen LogP contribution in [0.4, 0.5) is 16.2 Å². The van der Waals surface area contributed by atoms with Crippen molar-refractivity contribution < 1.29 is 4.79 Å². The van der Waals surface area contributed by atoms with Gasteiger partial charge in [0, 0.05) is 24.1 Å². The third-order valence-corrected chi connectivity index (χ3v) is 2.87. The average molecular weight is 273 g/mol. The van der Waals surface area contributed by atoms with Crippen LogP contribution in [-0.4, -0.2) is 15.6 Å². The number of carbonyl (C=O) groups excluding carboxylic acids is 1. The molecular weight excluding hydrogens is 254 g/mol. The third-order valence-electron chi connectivity index (χ3n) is 2.87. The zero-order chi connectivity index (χ0) is 14.4. The van der Waals surface area contributed by atoms with Crippen molar-refractivity contribution in [3.05, 3.63) is 42.5 Å². The highest BCUT2D eigenvalue weighted by molar-refractivity contribution is 5.88. The third kappa shape index (κ3) is 3.74. The molecule has 1 aromatic heterocycles. The number of urea groups is 1. The monoisotopic (exact) mass is 273 g/mol. The molecule has 1 aromatic carbocycles. The number of amides is 2. The smallest absolute Gasteiger partial charge is 0.316 e. The lowest BCUT2D eigenvalue weighted by Gasteiger charge is -2.10. The second-order valence-electron chi connectivity index (χ2n) is 4.50. The maximum atomic E-state index is 10.8. The van der Waals surface area contributed by atoms with Gasteiger partial charge in [-0.05, 0) is 24.6 Å². The van der Waals surface area contributed by atoms with Gasteiger partial charge < -0.3 is 20.9 Å². The molecule has 6 heteroatoms. The van der Waals surface area contributed by atoms with Crippen LogP contribution in [0.25, 0.3) is 0 Å². The van der Waals surface area contributed by atoms with Crippen LogP contribution >= 0.6 is 0 Å². The van der Waals surface area contributed by atoms with Gasteiger partial charge in [-0.25, -0.2) is 9.78 Å². The van der Waals surface area contributed by atoms with Crippen molar-refractivity contribution in [2.75, 3.05) is 10.6 Å². The Hall–Kier alpha value is -2.50. The van der Waals surface area contributed by atoms with Crippen LogP contribution in [0, 0.1) is 0 Å². The number of nitrogens with zero attached hydrogens (tertiary/aromatic N) is 2. The Morgan fingerprint density at radius 2 is 2.20 bits per heavy atom. The number of carbonyl (C=O) groups is 1. The average Bonchev–Trinajstić information content (AvgIpc) is 2.84. The van der Waals surface area contributed by atoms with Gasteiger partial charge in [0.2, 0.25) is 0 Å². The SMILES string of the molecule is CCCn1cncc1CNc1cccc(NC(N)=O)c1. The van der Waals surface area contributed by atoms with Gasteiger partial charge in [-0.2, -0.15) is 0 Å². The summed E-state index contributed by atoms with van der Waals surface area (Å²) in [4.78, 5) is 15.0. The van der Waals surface area contributed by atoms with Gasteiger partial charge in [-0.1, -0.05) is 13.0 Å². The molecule has 6 nitrogen and oxygen atoms in total. The zero-order valence-electron chi connectivity index (χ0n) is 11.5. The number of benzene rings is 1. The highest BCUT2D eigenvalue weighted by Crippen LogP contribution is 2.16. The van der Waals surface area contributed by atoms with Gasteiger partial charge in [-0.15, -0.1) is 0 Å². The van der Waals surface area contributed by atoms with Crippen LogP contribution in [-0.2, 0) is 13.1 Å². The molecule has 0 fully saturated rings. The van der Waals surface area contributed by atoms with Crippen LogP contribution < -0.4 is 16.4 Å². The van der Waals surface area contributed by atoms with E-state index in [-0.39, 0.29) is 0 Å². The van der Waals surface area contributed by atoms with Crippen LogP contribution in [0.5, 0.6) is 0 Å². The number of primary amides is 1. The Balaban J connectivity index is 1.99. The molecular formula is C14H19N5O. The number of aryl methyl sites for hydroxylation is 1. The zero-order valence-corrected chi connectivity index (χ0v) is 11.5. The molecule has 2 aromatic rings. The Morgan fingerprint density at radius 1 is 1.40 bits per heavy atom. The van der Waals surface area contributed by atoms with E-state index in [1.807, 2.05) is 30.7 Å². The van der Waals surface area contributed by atoms with E-state index in [1.54, 1.807) is 6.07 Å². The van der Waals surface area contributed by atoms with E-state index in [4.69, 9.17) is 5.73 Å². The number of anilines is 2. The maximum absolute atomic E-state index is 10.8. The second-order valence-corrected chi connectivity index (χ2v) is 4.50. The fraction of sp³-hybridized carbons (Fsp3) is 0.286. The van der Waals surface area contributed by atoms with E-state index in [2.05, 4.69) is 27.1 Å². The Labute approximate surface area is 118 Å². The molecule has 106 valence electrons. The molecule has 0 atom stereocenters. The van der Waals surface area contributed by atoms with Crippen LogP contribution in [0.2, 0.25) is 0 Å². The highest BCUT2D eigenvalue weighted by atomic mass is 16.2. The molecule has 4 N–H and O–H groups in total. The molecule has 0 unspecified atom stereocenters. The summed E-state index contributed by atoms with van der Waals surface area (Å²) in [6.07, 6.45) is 4.77. The minimum absolute atomic E-state index is 0.567. The van der Waals surface area contributed by atoms with Crippen LogP contribution in [0.3, 0.4) is 0 Å². The minimum atomic E-state index is -0.567. The van der Waals surface area contributed by atoms with E-state index in [9.17, 15) is 4.79 Å². The number of rotatable bonds is 6. The van der Waals surface area contributed by atoms with Crippen molar-refractivity contribution in [1.29, 1.82) is 0 Å². The van der Waals surface area contributed by atoms with E-state index in [0.29, 0.717) is 12.2 Å². The largest absolute Gasteiger partial charge is 0.379 e. The Bertz CT molecular complexity index is 578. The normalized spacial score (nSPS) is 10.2. The Kier molecular flexibility index (Phi) is 4.60. The first kappa shape index (κ1) is 13.9. The molecule has 0 aliphatic heterocycles. The molecule has 0 aliphatic carbocycles. The van der Waals surface area contributed by atoms with Gasteiger partial charge in [0.1, 0.15) is 0 Å². The molecule has 0 aliphatic rings. The van der Waals surface area contributed by atoms with Gasteiger partial charge in [0.15, 0.2) is 0 Å². The minimum Gasteiger partial charge on any atom is -0.379 e. The number of hydrogen-bond acceptors (Lipinski definition) is 3. The summed E-state index contributed by atoms with van der Waals surface area (Å²) >= 11 is 0. The quantitative estimate of drug-likeness (QED) is 0.755. The molecule has 0 radical (unpaired) electrons. The molecule has 20 heavy (non-hydrogen) atoms. The molecule has 2 rings (SSSR count). The van der Waals surface area contributed by atoms with E-state index in [1.165, 1.54) is 0 Å². The van der Waals surface area contributed by atoms with Crippen molar-refractivity contribution in [3.8, 4) is 0 Å². The summed E-state index contributed by atoms with van der Waals surface area (Å²) in [5.74, 6) is 0. The first-order valence-electron chi connectivity index (χ1n) is 6.58. The summed E-state index contributed by atoms with van der Waals surface area (Å²) < 4.78 is 2.12. The highest BCUT2D eigenvalue weighted by Gasteiger charge is 2.02. The molecule has 0 bridgehead atoms. The van der Waals surface area contributed by atoms with Gasteiger partial charge in [0.25, 0.3) is 0 Å². The van der Waals surface area contributed by atoms with E-state index < -0.39 is 6.03 Å². The number of imidazole rings is 1. The van der Waals surface area contributed by atoms with Crippen LogP contribution in [0.15, 0.2) is 36.8 Å². The lowest BCUT2D eigenvalue weighted by atomic mass is 10.2. The summed E-state index contributed by atoms with van der Waals surface area (Å²) in [6.45, 7) is 3.77. The van der Waals surface area contributed by atoms with Crippen molar-refractivity contribution in [1.82, 2.24) is 9.55 Å². The van der Waals surface area contributed by atoms with Gasteiger partial charge >= 0.3 is 6.03 Å². The summed E-state index contributed by atoms with van der Waals surface area (Å²) in [6, 6.07) is 6.86. The summed E-state index contributed by atoms with van der Waals surface area (Å²) in [7, 11) is 0. The summed E-state index contributed by atoms with van der Waals surface area (Å²) in [5, 5.41) is 5.86. The van der Waals surface area contributed by atoms with Crippen molar-refractivity contribution in [2.45, 2.75) is 26.4 Å². The molecule has 0 saturated heterocycles. The van der Waals surface area contributed by atoms with Crippen molar-refractivity contribution in [3.63, 3.8) is 0 Å². The number of hydrogen-bond donors (Lipinski definition) is 3. The van der Waals surface area contributed by atoms with E-state index in [0.717, 1.165) is 24.3 Å². The number of nitrogens with two attached hydrogens (primary N) is 1. The number of aromatic nitrogens is 2. The fourth-order valence-electron chi connectivity index (χ4n) is 1.98. The lowest BCUT2D eigenvalue weighted by molar-refractivity contribution is 0.259. The predicted molar refractivity (Wildman–Crippen MR) is 79.5 cm³/mol. The topological polar surface area (TPSA) is 85.0 Å².